The molecule has 1 aromatic carbocycles. The Hall–Kier alpha value is -1.57. The number of carbonyl (C=O) groups excluding carboxylic acids is 1. The Morgan fingerprint density at radius 2 is 2.11 bits per heavy atom. The maximum absolute atomic E-state index is 11.3. The highest BCUT2D eigenvalue weighted by Crippen LogP contribution is 2.35. The lowest BCUT2D eigenvalue weighted by Gasteiger charge is -2.13. The van der Waals surface area contributed by atoms with Gasteiger partial charge in [-0.05, 0) is 55.4 Å². The van der Waals surface area contributed by atoms with Crippen molar-refractivity contribution < 1.29 is 9.53 Å². The second kappa shape index (κ2) is 6.55. The van der Waals surface area contributed by atoms with Crippen LogP contribution in [-0.4, -0.2) is 12.6 Å². The van der Waals surface area contributed by atoms with Crippen molar-refractivity contribution in [3.63, 3.8) is 0 Å². The minimum Gasteiger partial charge on any atom is -0.463 e. The number of hydrogen-bond acceptors (Lipinski definition) is 2. The molecule has 19 heavy (non-hydrogen) atoms. The molecule has 0 bridgehead atoms. The van der Waals surface area contributed by atoms with E-state index in [-0.39, 0.29) is 5.97 Å². The summed E-state index contributed by atoms with van der Waals surface area (Å²) in [5.41, 5.74) is 3.87. The van der Waals surface area contributed by atoms with Crippen molar-refractivity contribution in [3.8, 4) is 0 Å². The van der Waals surface area contributed by atoms with Gasteiger partial charge in [-0.3, -0.25) is 0 Å². The van der Waals surface area contributed by atoms with Crippen molar-refractivity contribution in [1.29, 1.82) is 0 Å². The van der Waals surface area contributed by atoms with Gasteiger partial charge in [-0.2, -0.15) is 0 Å². The molecular formula is C17H22O2. The van der Waals surface area contributed by atoms with Gasteiger partial charge < -0.3 is 4.74 Å². The maximum Gasteiger partial charge on any atom is 0.330 e. The molecule has 0 amide bonds. The molecule has 0 heterocycles. The lowest BCUT2D eigenvalue weighted by molar-refractivity contribution is -0.137. The number of esters is 1. The van der Waals surface area contributed by atoms with E-state index in [1.807, 2.05) is 13.0 Å². The third-order valence-corrected chi connectivity index (χ3v) is 3.79. The van der Waals surface area contributed by atoms with Crippen LogP contribution in [0.15, 0.2) is 24.3 Å². The SMILES string of the molecule is CCOC(=O)/C=C/c1ccc(C2CCCC2)c(C)c1. The summed E-state index contributed by atoms with van der Waals surface area (Å²) < 4.78 is 4.87. The molecule has 1 fully saturated rings. The van der Waals surface area contributed by atoms with Crippen LogP contribution < -0.4 is 0 Å². The Balaban J connectivity index is 2.08. The van der Waals surface area contributed by atoms with Crippen molar-refractivity contribution in [2.24, 2.45) is 0 Å². The molecule has 1 aliphatic rings. The summed E-state index contributed by atoms with van der Waals surface area (Å²) >= 11 is 0. The molecule has 0 aromatic heterocycles. The lowest BCUT2D eigenvalue weighted by atomic mass is 9.92. The van der Waals surface area contributed by atoms with E-state index < -0.39 is 0 Å². The van der Waals surface area contributed by atoms with Gasteiger partial charge in [0.2, 0.25) is 0 Å². The van der Waals surface area contributed by atoms with Crippen molar-refractivity contribution >= 4 is 12.0 Å². The molecule has 0 saturated heterocycles. The number of aryl methyl sites for hydroxylation is 1. The third-order valence-electron chi connectivity index (χ3n) is 3.79. The van der Waals surface area contributed by atoms with Crippen molar-refractivity contribution in [2.75, 3.05) is 6.61 Å². The number of ether oxygens (including phenoxy) is 1. The maximum atomic E-state index is 11.3. The van der Waals surface area contributed by atoms with Crippen LogP contribution in [0.3, 0.4) is 0 Å². The van der Waals surface area contributed by atoms with Gasteiger partial charge in [0.25, 0.3) is 0 Å². The van der Waals surface area contributed by atoms with Gasteiger partial charge in [-0.25, -0.2) is 4.79 Å². The molecule has 1 saturated carbocycles. The van der Waals surface area contributed by atoms with Gasteiger partial charge in [0.1, 0.15) is 0 Å². The number of rotatable bonds is 4. The van der Waals surface area contributed by atoms with Crippen LogP contribution in [0.1, 0.15) is 55.2 Å². The van der Waals surface area contributed by atoms with Gasteiger partial charge in [0, 0.05) is 6.08 Å². The van der Waals surface area contributed by atoms with Crippen LogP contribution in [0.4, 0.5) is 0 Å². The Kier molecular flexibility index (Phi) is 4.78. The van der Waals surface area contributed by atoms with Gasteiger partial charge in [-0.15, -0.1) is 0 Å². The predicted molar refractivity (Wildman–Crippen MR) is 78.1 cm³/mol. The van der Waals surface area contributed by atoms with Crippen LogP contribution in [0, 0.1) is 6.92 Å². The standard InChI is InChI=1S/C17H22O2/c1-3-19-17(18)11-9-14-8-10-16(13(2)12-14)15-6-4-5-7-15/h8-12,15H,3-7H2,1-2H3/b11-9+. The fourth-order valence-corrected chi connectivity index (χ4v) is 2.85. The molecular weight excluding hydrogens is 236 g/mol. The quantitative estimate of drug-likeness (QED) is 0.596. The number of hydrogen-bond donors (Lipinski definition) is 0. The van der Waals surface area contributed by atoms with Gasteiger partial charge in [-0.1, -0.05) is 31.0 Å². The third kappa shape index (κ3) is 3.69. The van der Waals surface area contributed by atoms with E-state index in [9.17, 15) is 4.79 Å². The van der Waals surface area contributed by atoms with Crippen LogP contribution >= 0.6 is 0 Å². The largest absolute Gasteiger partial charge is 0.463 e. The van der Waals surface area contributed by atoms with E-state index in [0.717, 1.165) is 11.5 Å². The molecule has 2 nitrogen and oxygen atoms in total. The summed E-state index contributed by atoms with van der Waals surface area (Å²) in [6, 6.07) is 6.47. The van der Waals surface area contributed by atoms with Crippen LogP contribution in [0.5, 0.6) is 0 Å². The molecule has 0 unspecified atom stereocenters. The average Bonchev–Trinajstić information content (AvgIpc) is 2.90. The zero-order valence-corrected chi connectivity index (χ0v) is 11.8. The van der Waals surface area contributed by atoms with Crippen molar-refractivity contribution in [3.05, 3.63) is 41.0 Å². The highest BCUT2D eigenvalue weighted by atomic mass is 16.5. The van der Waals surface area contributed by atoms with E-state index in [1.165, 1.54) is 42.9 Å². The molecule has 2 heteroatoms. The van der Waals surface area contributed by atoms with Crippen LogP contribution in [-0.2, 0) is 9.53 Å². The summed E-state index contributed by atoms with van der Waals surface area (Å²) in [6.07, 6.45) is 8.66. The molecule has 0 atom stereocenters. The predicted octanol–water partition coefficient (Wildman–Crippen LogP) is 4.23. The normalized spacial score (nSPS) is 16.1. The first kappa shape index (κ1) is 13.9. The number of carbonyl (C=O) groups is 1. The Bertz CT molecular complexity index is 468. The first-order valence-electron chi connectivity index (χ1n) is 7.16. The van der Waals surface area contributed by atoms with E-state index in [0.29, 0.717) is 6.61 Å². The van der Waals surface area contributed by atoms with Gasteiger partial charge in [0.15, 0.2) is 0 Å². The zero-order chi connectivity index (χ0) is 13.7. The summed E-state index contributed by atoms with van der Waals surface area (Å²) in [6.45, 7) is 4.39. The zero-order valence-electron chi connectivity index (χ0n) is 11.8. The molecule has 1 aromatic rings. The molecule has 0 aliphatic heterocycles. The summed E-state index contributed by atoms with van der Waals surface area (Å²) in [4.78, 5) is 11.3. The minimum absolute atomic E-state index is 0.278. The average molecular weight is 258 g/mol. The molecule has 102 valence electrons. The Morgan fingerprint density at radius 3 is 2.74 bits per heavy atom. The van der Waals surface area contributed by atoms with Crippen LogP contribution in [0.2, 0.25) is 0 Å². The Morgan fingerprint density at radius 1 is 1.37 bits per heavy atom. The minimum atomic E-state index is -0.278. The van der Waals surface area contributed by atoms with Gasteiger partial charge in [0.05, 0.1) is 6.61 Å². The highest BCUT2D eigenvalue weighted by Gasteiger charge is 2.18. The van der Waals surface area contributed by atoms with E-state index >= 15 is 0 Å². The summed E-state index contributed by atoms with van der Waals surface area (Å²) in [5.74, 6) is 0.461. The fraction of sp³-hybridized carbons (Fsp3) is 0.471. The van der Waals surface area contributed by atoms with E-state index in [2.05, 4.69) is 25.1 Å². The van der Waals surface area contributed by atoms with Crippen molar-refractivity contribution in [1.82, 2.24) is 0 Å². The first-order valence-corrected chi connectivity index (χ1v) is 7.16. The molecule has 0 N–H and O–H groups in total. The number of benzene rings is 1. The van der Waals surface area contributed by atoms with Crippen LogP contribution in [0.25, 0.3) is 6.08 Å². The lowest BCUT2D eigenvalue weighted by Crippen LogP contribution is -1.99. The summed E-state index contributed by atoms with van der Waals surface area (Å²) in [7, 11) is 0. The summed E-state index contributed by atoms with van der Waals surface area (Å²) in [5, 5.41) is 0. The monoisotopic (exact) mass is 258 g/mol. The molecule has 1 aliphatic carbocycles. The van der Waals surface area contributed by atoms with E-state index in [1.54, 1.807) is 0 Å². The molecule has 0 radical (unpaired) electrons. The highest BCUT2D eigenvalue weighted by molar-refractivity contribution is 5.87. The smallest absolute Gasteiger partial charge is 0.330 e. The fourth-order valence-electron chi connectivity index (χ4n) is 2.85. The van der Waals surface area contributed by atoms with E-state index in [4.69, 9.17) is 4.74 Å². The van der Waals surface area contributed by atoms with Crippen molar-refractivity contribution in [2.45, 2.75) is 45.4 Å². The van der Waals surface area contributed by atoms with Gasteiger partial charge >= 0.3 is 5.97 Å². The first-order chi connectivity index (χ1) is 9.20. The second-order valence-corrected chi connectivity index (χ2v) is 5.18. The Labute approximate surface area is 115 Å². The molecule has 2 rings (SSSR count). The molecule has 0 spiro atoms. The second-order valence-electron chi connectivity index (χ2n) is 5.18. The topological polar surface area (TPSA) is 26.3 Å².